The zero-order chi connectivity index (χ0) is 13.8. The Morgan fingerprint density at radius 2 is 2.17 bits per heavy atom. The number of carbonyl (C=O) groups is 1. The number of anilines is 1. The van der Waals surface area contributed by atoms with Crippen molar-refractivity contribution in [1.29, 1.82) is 0 Å². The monoisotopic (exact) mass is 262 g/mol. The quantitative estimate of drug-likeness (QED) is 0.874. The van der Waals surface area contributed by atoms with E-state index < -0.39 is 24.1 Å². The van der Waals surface area contributed by atoms with Crippen LogP contribution in [-0.2, 0) is 4.79 Å². The Bertz CT molecular complexity index is 421. The second-order valence-corrected chi connectivity index (χ2v) is 3.58. The lowest BCUT2D eigenvalue weighted by Gasteiger charge is -2.12. The van der Waals surface area contributed by atoms with Crippen LogP contribution >= 0.6 is 0 Å². The molecule has 100 valence electrons. The molecule has 1 atom stereocenters. The number of ether oxygens (including phenoxy) is 1. The zero-order valence-electron chi connectivity index (χ0n) is 9.62. The first kappa shape index (κ1) is 14.3. The number of nitrogens with two attached hydrogens (primary N) is 1. The van der Waals surface area contributed by atoms with Crippen LogP contribution in [0.5, 0.6) is 5.75 Å². The van der Waals surface area contributed by atoms with Crippen molar-refractivity contribution in [3.05, 3.63) is 24.3 Å². The standard InChI is InChI=1S/C11H13F3N2O2/c1-2-9(15)10(17)16-7-4-3-5-8(6-7)18-11(12,13)14/h3-6,9H,2,15H2,1H3,(H,16,17)/t9-/m1/s1. The van der Waals surface area contributed by atoms with E-state index in [0.717, 1.165) is 12.1 Å². The zero-order valence-corrected chi connectivity index (χ0v) is 9.62. The minimum Gasteiger partial charge on any atom is -0.406 e. The van der Waals surface area contributed by atoms with Gasteiger partial charge in [0.1, 0.15) is 5.75 Å². The minimum atomic E-state index is -4.76. The van der Waals surface area contributed by atoms with Gasteiger partial charge in [-0.2, -0.15) is 0 Å². The summed E-state index contributed by atoms with van der Waals surface area (Å²) in [7, 11) is 0. The van der Waals surface area contributed by atoms with E-state index in [9.17, 15) is 18.0 Å². The van der Waals surface area contributed by atoms with Crippen molar-refractivity contribution in [3.63, 3.8) is 0 Å². The molecule has 1 aromatic rings. The molecule has 0 aliphatic heterocycles. The molecule has 0 saturated carbocycles. The van der Waals surface area contributed by atoms with E-state index in [1.54, 1.807) is 6.92 Å². The molecule has 0 aliphatic rings. The summed E-state index contributed by atoms with van der Waals surface area (Å²) < 4.78 is 39.7. The van der Waals surface area contributed by atoms with E-state index >= 15 is 0 Å². The summed E-state index contributed by atoms with van der Waals surface area (Å²) in [5.41, 5.74) is 5.68. The van der Waals surface area contributed by atoms with Crippen LogP contribution in [0.25, 0.3) is 0 Å². The summed E-state index contributed by atoms with van der Waals surface area (Å²) in [5, 5.41) is 2.41. The van der Waals surface area contributed by atoms with Gasteiger partial charge in [-0.25, -0.2) is 0 Å². The number of halogens is 3. The molecule has 0 spiro atoms. The summed E-state index contributed by atoms with van der Waals surface area (Å²) in [5.74, 6) is -0.855. The highest BCUT2D eigenvalue weighted by Gasteiger charge is 2.31. The first-order valence-corrected chi connectivity index (χ1v) is 5.24. The highest BCUT2D eigenvalue weighted by Crippen LogP contribution is 2.25. The maximum atomic E-state index is 12.0. The molecule has 7 heteroatoms. The smallest absolute Gasteiger partial charge is 0.406 e. The van der Waals surface area contributed by atoms with Gasteiger partial charge < -0.3 is 15.8 Å². The Kier molecular flexibility index (Phi) is 4.55. The number of nitrogens with one attached hydrogen (secondary N) is 1. The summed E-state index contributed by atoms with van der Waals surface area (Å²) in [6.45, 7) is 1.73. The molecular weight excluding hydrogens is 249 g/mol. The van der Waals surface area contributed by atoms with Crippen molar-refractivity contribution in [1.82, 2.24) is 0 Å². The van der Waals surface area contributed by atoms with E-state index in [4.69, 9.17) is 5.73 Å². The molecule has 0 fully saturated rings. The van der Waals surface area contributed by atoms with Gasteiger partial charge in [0.05, 0.1) is 6.04 Å². The van der Waals surface area contributed by atoms with Crippen LogP contribution in [-0.4, -0.2) is 18.3 Å². The van der Waals surface area contributed by atoms with Gasteiger partial charge in [-0.3, -0.25) is 4.79 Å². The number of benzene rings is 1. The molecule has 0 aromatic heterocycles. The van der Waals surface area contributed by atoms with Gasteiger partial charge in [-0.1, -0.05) is 13.0 Å². The highest BCUT2D eigenvalue weighted by atomic mass is 19.4. The van der Waals surface area contributed by atoms with Gasteiger partial charge >= 0.3 is 6.36 Å². The number of alkyl halides is 3. The van der Waals surface area contributed by atoms with Gasteiger partial charge in [0.15, 0.2) is 0 Å². The predicted molar refractivity (Wildman–Crippen MR) is 60.0 cm³/mol. The molecule has 0 saturated heterocycles. The van der Waals surface area contributed by atoms with E-state index in [1.165, 1.54) is 12.1 Å². The Labute approximate surface area is 102 Å². The molecule has 3 N–H and O–H groups in total. The lowest BCUT2D eigenvalue weighted by molar-refractivity contribution is -0.274. The molecule has 4 nitrogen and oxygen atoms in total. The van der Waals surface area contributed by atoms with Gasteiger partial charge in [0.25, 0.3) is 0 Å². The number of carbonyl (C=O) groups excluding carboxylic acids is 1. The van der Waals surface area contributed by atoms with Crippen molar-refractivity contribution in [2.24, 2.45) is 5.73 Å². The van der Waals surface area contributed by atoms with Gasteiger partial charge in [0, 0.05) is 11.8 Å². The second kappa shape index (κ2) is 5.72. The molecule has 0 aliphatic carbocycles. The third-order valence-electron chi connectivity index (χ3n) is 2.11. The molecule has 1 rings (SSSR count). The molecule has 0 heterocycles. The van der Waals surface area contributed by atoms with Crippen LogP contribution in [0.1, 0.15) is 13.3 Å². The maximum absolute atomic E-state index is 12.0. The maximum Gasteiger partial charge on any atom is 0.573 e. The highest BCUT2D eigenvalue weighted by molar-refractivity contribution is 5.94. The number of hydrogen-bond acceptors (Lipinski definition) is 3. The summed E-state index contributed by atoms with van der Waals surface area (Å²) in [6, 6.07) is 4.31. The van der Waals surface area contributed by atoms with Gasteiger partial charge in [-0.05, 0) is 18.6 Å². The van der Waals surface area contributed by atoms with Crippen LogP contribution in [0, 0.1) is 0 Å². The first-order chi connectivity index (χ1) is 8.31. The fourth-order valence-corrected chi connectivity index (χ4v) is 1.19. The third kappa shape index (κ3) is 4.62. The van der Waals surface area contributed by atoms with Crippen LogP contribution < -0.4 is 15.8 Å². The fraction of sp³-hybridized carbons (Fsp3) is 0.364. The van der Waals surface area contributed by atoms with Gasteiger partial charge in [-0.15, -0.1) is 13.2 Å². The SMILES string of the molecule is CC[C@@H](N)C(=O)Nc1cccc(OC(F)(F)F)c1. The van der Waals surface area contributed by atoms with Crippen LogP contribution in [0.2, 0.25) is 0 Å². The molecule has 1 amide bonds. The Hall–Kier alpha value is -1.76. The first-order valence-electron chi connectivity index (χ1n) is 5.24. The molecule has 0 unspecified atom stereocenters. The van der Waals surface area contributed by atoms with Crippen molar-refractivity contribution in [2.75, 3.05) is 5.32 Å². The topological polar surface area (TPSA) is 64.4 Å². The summed E-state index contributed by atoms with van der Waals surface area (Å²) >= 11 is 0. The Morgan fingerprint density at radius 1 is 1.50 bits per heavy atom. The molecule has 0 radical (unpaired) electrons. The van der Waals surface area contributed by atoms with Gasteiger partial charge in [0.2, 0.25) is 5.91 Å². The summed E-state index contributed by atoms with van der Waals surface area (Å²) in [4.78, 5) is 11.4. The molecular formula is C11H13F3N2O2. The van der Waals surface area contributed by atoms with Crippen LogP contribution in [0.3, 0.4) is 0 Å². The number of rotatable bonds is 4. The normalized spacial score (nSPS) is 12.9. The molecule has 0 bridgehead atoms. The Balaban J connectivity index is 2.74. The van der Waals surface area contributed by atoms with E-state index in [-0.39, 0.29) is 5.69 Å². The number of amides is 1. The lowest BCUT2D eigenvalue weighted by Crippen LogP contribution is -2.34. The fourth-order valence-electron chi connectivity index (χ4n) is 1.19. The van der Waals surface area contributed by atoms with E-state index in [2.05, 4.69) is 10.1 Å². The number of hydrogen-bond donors (Lipinski definition) is 2. The third-order valence-corrected chi connectivity index (χ3v) is 2.11. The minimum absolute atomic E-state index is 0.200. The second-order valence-electron chi connectivity index (χ2n) is 3.58. The predicted octanol–water partition coefficient (Wildman–Crippen LogP) is 2.26. The molecule has 18 heavy (non-hydrogen) atoms. The summed E-state index contributed by atoms with van der Waals surface area (Å²) in [6.07, 6.45) is -4.33. The van der Waals surface area contributed by atoms with Crippen molar-refractivity contribution < 1.29 is 22.7 Å². The van der Waals surface area contributed by atoms with Crippen molar-refractivity contribution >= 4 is 11.6 Å². The van der Waals surface area contributed by atoms with E-state index in [1.807, 2.05) is 0 Å². The average molecular weight is 262 g/mol. The Morgan fingerprint density at radius 3 is 2.72 bits per heavy atom. The van der Waals surface area contributed by atoms with E-state index in [0.29, 0.717) is 6.42 Å². The molecule has 1 aromatic carbocycles. The van der Waals surface area contributed by atoms with Crippen molar-refractivity contribution in [3.8, 4) is 5.75 Å². The van der Waals surface area contributed by atoms with Crippen LogP contribution in [0.4, 0.5) is 18.9 Å². The average Bonchev–Trinajstić information content (AvgIpc) is 2.26. The largest absolute Gasteiger partial charge is 0.573 e. The van der Waals surface area contributed by atoms with Crippen LogP contribution in [0.15, 0.2) is 24.3 Å². The van der Waals surface area contributed by atoms with Crippen molar-refractivity contribution in [2.45, 2.75) is 25.7 Å². The lowest BCUT2D eigenvalue weighted by atomic mass is 10.2.